The van der Waals surface area contributed by atoms with Crippen LogP contribution in [0, 0.1) is 0 Å². The molecule has 0 saturated carbocycles. The van der Waals surface area contributed by atoms with Gasteiger partial charge in [0.25, 0.3) is 0 Å². The first-order chi connectivity index (χ1) is 7.35. The fourth-order valence-electron chi connectivity index (χ4n) is 1.70. The average molecular weight is 269 g/mol. The Hall–Kier alpha value is -0.140. The van der Waals surface area contributed by atoms with Crippen LogP contribution in [0.4, 0.5) is 0 Å². The second kappa shape index (κ2) is 5.46. The molecule has 1 heterocycles. The molecule has 1 fully saturated rings. The SMILES string of the molecule is CCS(=O)(=O)CCCNC1CCS(=O)(=O)C1. The Morgan fingerprint density at radius 1 is 1.38 bits per heavy atom. The zero-order valence-electron chi connectivity index (χ0n) is 9.48. The summed E-state index contributed by atoms with van der Waals surface area (Å²) in [5.41, 5.74) is 0. The van der Waals surface area contributed by atoms with E-state index in [-0.39, 0.29) is 29.1 Å². The van der Waals surface area contributed by atoms with Gasteiger partial charge in [-0.25, -0.2) is 16.8 Å². The Kier molecular flexibility index (Phi) is 4.75. The molecule has 0 amide bonds. The van der Waals surface area contributed by atoms with Gasteiger partial charge in [0.2, 0.25) is 0 Å². The van der Waals surface area contributed by atoms with E-state index >= 15 is 0 Å². The van der Waals surface area contributed by atoms with E-state index in [0.717, 1.165) is 0 Å². The van der Waals surface area contributed by atoms with Crippen LogP contribution in [0.15, 0.2) is 0 Å². The van der Waals surface area contributed by atoms with E-state index in [1.165, 1.54) is 0 Å². The third kappa shape index (κ3) is 4.80. The van der Waals surface area contributed by atoms with Crippen LogP contribution in [0.1, 0.15) is 19.8 Å². The maximum absolute atomic E-state index is 11.2. The number of hydrogen-bond acceptors (Lipinski definition) is 5. The van der Waals surface area contributed by atoms with Gasteiger partial charge in [0, 0.05) is 11.8 Å². The summed E-state index contributed by atoms with van der Waals surface area (Å²) in [5.74, 6) is 0.784. The molecule has 0 spiro atoms. The van der Waals surface area contributed by atoms with Gasteiger partial charge in [-0.2, -0.15) is 0 Å². The minimum absolute atomic E-state index is 0.00864. The highest BCUT2D eigenvalue weighted by molar-refractivity contribution is 7.91. The van der Waals surface area contributed by atoms with E-state index in [1.807, 2.05) is 0 Å². The highest BCUT2D eigenvalue weighted by Gasteiger charge is 2.27. The number of sulfone groups is 2. The van der Waals surface area contributed by atoms with Crippen LogP contribution in [-0.4, -0.2) is 52.4 Å². The molecule has 5 nitrogen and oxygen atoms in total. The van der Waals surface area contributed by atoms with Crippen molar-refractivity contribution < 1.29 is 16.8 Å². The van der Waals surface area contributed by atoms with Gasteiger partial charge >= 0.3 is 0 Å². The first-order valence-electron chi connectivity index (χ1n) is 5.49. The van der Waals surface area contributed by atoms with Crippen LogP contribution in [0.25, 0.3) is 0 Å². The molecular formula is C9H19NO4S2. The third-order valence-electron chi connectivity index (χ3n) is 2.74. The van der Waals surface area contributed by atoms with Gasteiger partial charge in [-0.15, -0.1) is 0 Å². The Morgan fingerprint density at radius 2 is 2.06 bits per heavy atom. The van der Waals surface area contributed by atoms with Gasteiger partial charge in [0.15, 0.2) is 9.84 Å². The summed E-state index contributed by atoms with van der Waals surface area (Å²) >= 11 is 0. The van der Waals surface area contributed by atoms with Crippen LogP contribution >= 0.6 is 0 Å². The molecule has 1 rings (SSSR count). The van der Waals surface area contributed by atoms with Gasteiger partial charge in [-0.05, 0) is 19.4 Å². The van der Waals surface area contributed by atoms with Crippen molar-refractivity contribution >= 4 is 19.7 Å². The quantitative estimate of drug-likeness (QED) is 0.663. The Balaban J connectivity index is 2.18. The van der Waals surface area contributed by atoms with Crippen LogP contribution in [0.2, 0.25) is 0 Å². The van der Waals surface area contributed by atoms with Crippen molar-refractivity contribution in [3.8, 4) is 0 Å². The predicted octanol–water partition coefficient (Wildman–Crippen LogP) is -0.412. The Morgan fingerprint density at radius 3 is 2.56 bits per heavy atom. The second-order valence-corrected chi connectivity index (χ2v) is 8.85. The molecule has 96 valence electrons. The Labute approximate surface area is 97.5 Å². The van der Waals surface area contributed by atoms with Crippen LogP contribution in [0.5, 0.6) is 0 Å². The number of nitrogens with one attached hydrogen (secondary N) is 1. The second-order valence-electron chi connectivity index (χ2n) is 4.14. The van der Waals surface area contributed by atoms with Crippen molar-refractivity contribution in [1.29, 1.82) is 0 Å². The molecule has 16 heavy (non-hydrogen) atoms. The van der Waals surface area contributed by atoms with Gasteiger partial charge in [-0.1, -0.05) is 6.92 Å². The molecule has 0 aromatic carbocycles. The van der Waals surface area contributed by atoms with E-state index < -0.39 is 19.7 Å². The standard InChI is InChI=1S/C9H19NO4S2/c1-2-15(11,12)6-3-5-10-9-4-7-16(13,14)8-9/h9-10H,2-8H2,1H3. The van der Waals surface area contributed by atoms with Gasteiger partial charge < -0.3 is 5.32 Å². The largest absolute Gasteiger partial charge is 0.313 e. The zero-order valence-corrected chi connectivity index (χ0v) is 11.1. The Bertz CT molecular complexity index is 413. The van der Waals surface area contributed by atoms with Gasteiger partial charge in [0.1, 0.15) is 9.84 Å². The fraction of sp³-hybridized carbons (Fsp3) is 1.00. The highest BCUT2D eigenvalue weighted by atomic mass is 32.2. The maximum Gasteiger partial charge on any atom is 0.151 e. The fourth-order valence-corrected chi connectivity index (χ4v) is 4.28. The molecule has 1 N–H and O–H groups in total. The van der Waals surface area contributed by atoms with Crippen LogP contribution in [0.3, 0.4) is 0 Å². The molecule has 1 saturated heterocycles. The summed E-state index contributed by atoms with van der Waals surface area (Å²) < 4.78 is 44.6. The molecule has 1 unspecified atom stereocenters. The molecule has 0 aliphatic carbocycles. The van der Waals surface area contributed by atoms with Crippen molar-refractivity contribution in [2.75, 3.05) is 29.6 Å². The van der Waals surface area contributed by atoms with Gasteiger partial charge in [0.05, 0.1) is 17.3 Å². The van der Waals surface area contributed by atoms with Crippen molar-refractivity contribution in [3.05, 3.63) is 0 Å². The smallest absolute Gasteiger partial charge is 0.151 e. The maximum atomic E-state index is 11.2. The van der Waals surface area contributed by atoms with Gasteiger partial charge in [-0.3, -0.25) is 0 Å². The normalized spacial score (nSPS) is 24.7. The number of rotatable bonds is 6. The van der Waals surface area contributed by atoms with Crippen molar-refractivity contribution in [3.63, 3.8) is 0 Å². The van der Waals surface area contributed by atoms with Crippen molar-refractivity contribution in [2.24, 2.45) is 0 Å². The minimum Gasteiger partial charge on any atom is -0.313 e. The van der Waals surface area contributed by atoms with Crippen LogP contribution < -0.4 is 5.32 Å². The first-order valence-corrected chi connectivity index (χ1v) is 9.13. The van der Waals surface area contributed by atoms with E-state index in [2.05, 4.69) is 5.32 Å². The minimum atomic E-state index is -2.90. The molecule has 1 aliphatic heterocycles. The third-order valence-corrected chi connectivity index (χ3v) is 6.30. The first kappa shape index (κ1) is 13.9. The summed E-state index contributed by atoms with van der Waals surface area (Å²) in [4.78, 5) is 0. The summed E-state index contributed by atoms with van der Waals surface area (Å²) in [5, 5.41) is 3.09. The summed E-state index contributed by atoms with van der Waals surface area (Å²) in [6.07, 6.45) is 1.19. The van der Waals surface area contributed by atoms with E-state index in [0.29, 0.717) is 19.4 Å². The lowest BCUT2D eigenvalue weighted by Gasteiger charge is -2.09. The molecule has 1 atom stereocenters. The average Bonchev–Trinajstić information content (AvgIpc) is 2.53. The summed E-state index contributed by atoms with van der Waals surface area (Å²) in [7, 11) is -5.74. The van der Waals surface area contributed by atoms with Crippen molar-refractivity contribution in [1.82, 2.24) is 5.32 Å². The lowest BCUT2D eigenvalue weighted by atomic mass is 10.2. The van der Waals surface area contributed by atoms with Crippen LogP contribution in [-0.2, 0) is 19.7 Å². The molecule has 7 heteroatoms. The van der Waals surface area contributed by atoms with E-state index in [4.69, 9.17) is 0 Å². The lowest BCUT2D eigenvalue weighted by Crippen LogP contribution is -2.31. The molecule has 0 aromatic rings. The van der Waals surface area contributed by atoms with E-state index in [9.17, 15) is 16.8 Å². The molecule has 0 bridgehead atoms. The molecule has 0 aromatic heterocycles. The monoisotopic (exact) mass is 269 g/mol. The highest BCUT2D eigenvalue weighted by Crippen LogP contribution is 2.10. The summed E-state index contributed by atoms with van der Waals surface area (Å²) in [6, 6.07) is 0.00864. The molecular weight excluding hydrogens is 250 g/mol. The predicted molar refractivity (Wildman–Crippen MR) is 64.0 cm³/mol. The molecule has 1 aliphatic rings. The zero-order chi connectivity index (χ0) is 12.2. The topological polar surface area (TPSA) is 80.3 Å². The molecule has 0 radical (unpaired) electrons. The number of hydrogen-bond donors (Lipinski definition) is 1. The van der Waals surface area contributed by atoms with E-state index in [1.54, 1.807) is 6.92 Å². The lowest BCUT2D eigenvalue weighted by molar-refractivity contribution is 0.546. The van der Waals surface area contributed by atoms with Crippen molar-refractivity contribution in [2.45, 2.75) is 25.8 Å². The summed E-state index contributed by atoms with van der Waals surface area (Å²) in [6.45, 7) is 2.20.